The number of ether oxygens (including phenoxy) is 1. The molecule has 4 nitrogen and oxygen atoms in total. The van der Waals surface area contributed by atoms with Crippen LogP contribution in [0, 0.1) is 0 Å². The number of nitrogens with zero attached hydrogens (tertiary/aromatic N) is 1. The van der Waals surface area contributed by atoms with Gasteiger partial charge in [0.1, 0.15) is 0 Å². The first kappa shape index (κ1) is 13.0. The normalized spacial score (nSPS) is 22.9. The molecule has 2 heterocycles. The van der Waals surface area contributed by atoms with Gasteiger partial charge in [0.2, 0.25) is 5.91 Å². The van der Waals surface area contributed by atoms with E-state index >= 15 is 0 Å². The lowest BCUT2D eigenvalue weighted by Crippen LogP contribution is -2.46. The smallest absolute Gasteiger partial charge is 0.228 e. The molecule has 0 radical (unpaired) electrons. The number of anilines is 1. The van der Waals surface area contributed by atoms with Gasteiger partial charge in [0.15, 0.2) is 0 Å². The van der Waals surface area contributed by atoms with Gasteiger partial charge in [0, 0.05) is 36.2 Å². The largest absolute Gasteiger partial charge is 0.378 e. The second kappa shape index (κ2) is 5.94. The van der Waals surface area contributed by atoms with Crippen LogP contribution in [0.1, 0.15) is 6.42 Å². The van der Waals surface area contributed by atoms with E-state index in [2.05, 4.69) is 11.4 Å². The predicted molar refractivity (Wildman–Crippen MR) is 76.7 cm³/mol. The van der Waals surface area contributed by atoms with Crippen LogP contribution < -0.4 is 10.2 Å². The van der Waals surface area contributed by atoms with E-state index in [1.54, 1.807) is 0 Å². The van der Waals surface area contributed by atoms with Crippen LogP contribution in [0.3, 0.4) is 0 Å². The van der Waals surface area contributed by atoms with E-state index in [0.717, 1.165) is 31.1 Å². The van der Waals surface area contributed by atoms with Gasteiger partial charge < -0.3 is 15.0 Å². The van der Waals surface area contributed by atoms with Crippen LogP contribution in [0.15, 0.2) is 29.2 Å². The maximum atomic E-state index is 12.5. The molecular formula is C14H18N2O2S. The van der Waals surface area contributed by atoms with E-state index < -0.39 is 0 Å². The Labute approximate surface area is 117 Å². The zero-order chi connectivity index (χ0) is 13.1. The van der Waals surface area contributed by atoms with E-state index in [0.29, 0.717) is 13.0 Å². The monoisotopic (exact) mass is 278 g/mol. The number of para-hydroxylation sites is 1. The molecule has 2 aliphatic rings. The van der Waals surface area contributed by atoms with Gasteiger partial charge in [-0.05, 0) is 12.1 Å². The van der Waals surface area contributed by atoms with Crippen molar-refractivity contribution in [2.24, 2.45) is 0 Å². The van der Waals surface area contributed by atoms with Crippen molar-refractivity contribution >= 4 is 23.4 Å². The summed E-state index contributed by atoms with van der Waals surface area (Å²) in [7, 11) is 0. The number of thioether (sulfide) groups is 1. The van der Waals surface area contributed by atoms with Gasteiger partial charge >= 0.3 is 0 Å². The number of morpholine rings is 1. The lowest BCUT2D eigenvalue weighted by Gasteiger charge is -2.31. The van der Waals surface area contributed by atoms with E-state index in [9.17, 15) is 4.79 Å². The number of benzene rings is 1. The molecule has 1 aromatic carbocycles. The van der Waals surface area contributed by atoms with Crippen molar-refractivity contribution in [1.82, 2.24) is 5.32 Å². The van der Waals surface area contributed by atoms with Gasteiger partial charge in [0.05, 0.1) is 18.9 Å². The maximum absolute atomic E-state index is 12.5. The second-order valence-corrected chi connectivity index (χ2v) is 5.93. The first-order valence-corrected chi connectivity index (χ1v) is 7.66. The summed E-state index contributed by atoms with van der Waals surface area (Å²) in [6.07, 6.45) is 0.513. The van der Waals surface area contributed by atoms with E-state index in [1.165, 1.54) is 4.90 Å². The average molecular weight is 278 g/mol. The van der Waals surface area contributed by atoms with Crippen LogP contribution in [0.25, 0.3) is 0 Å². The van der Waals surface area contributed by atoms with Gasteiger partial charge in [-0.3, -0.25) is 4.79 Å². The first-order chi connectivity index (χ1) is 9.34. The third-order valence-electron chi connectivity index (χ3n) is 3.45. The van der Waals surface area contributed by atoms with Crippen molar-refractivity contribution in [3.63, 3.8) is 0 Å². The Hall–Kier alpha value is -1.04. The summed E-state index contributed by atoms with van der Waals surface area (Å²) in [5, 5.41) is 3.34. The highest BCUT2D eigenvalue weighted by atomic mass is 32.2. The fraction of sp³-hybridized carbons (Fsp3) is 0.500. The molecule has 0 saturated carbocycles. The number of amides is 1. The molecule has 3 rings (SSSR count). The quantitative estimate of drug-likeness (QED) is 0.890. The number of carbonyl (C=O) groups is 1. The molecule has 1 amide bonds. The van der Waals surface area contributed by atoms with Crippen LogP contribution in [0.4, 0.5) is 5.69 Å². The predicted octanol–water partition coefficient (Wildman–Crippen LogP) is 1.50. The molecule has 19 heavy (non-hydrogen) atoms. The van der Waals surface area contributed by atoms with Gasteiger partial charge in [-0.25, -0.2) is 0 Å². The van der Waals surface area contributed by atoms with E-state index in [4.69, 9.17) is 4.74 Å². The molecule has 1 fully saturated rings. The Morgan fingerprint density at radius 2 is 2.37 bits per heavy atom. The highest BCUT2D eigenvalue weighted by Gasteiger charge is 2.25. The summed E-state index contributed by atoms with van der Waals surface area (Å²) in [5.74, 6) is 1.16. The third-order valence-corrected chi connectivity index (χ3v) is 4.49. The Morgan fingerprint density at radius 3 is 3.21 bits per heavy atom. The molecule has 102 valence electrons. The molecular weight excluding hydrogens is 260 g/mol. The summed E-state index contributed by atoms with van der Waals surface area (Å²) in [5.41, 5.74) is 1.06. The lowest BCUT2D eigenvalue weighted by atomic mass is 10.1. The molecule has 0 spiro atoms. The summed E-state index contributed by atoms with van der Waals surface area (Å²) >= 11 is 1.82. The van der Waals surface area contributed by atoms with Crippen molar-refractivity contribution in [3.8, 4) is 0 Å². The summed E-state index contributed by atoms with van der Waals surface area (Å²) in [6, 6.07) is 8.29. The molecule has 1 unspecified atom stereocenters. The molecule has 1 atom stereocenters. The minimum Gasteiger partial charge on any atom is -0.378 e. The molecule has 1 aromatic rings. The van der Waals surface area contributed by atoms with Crippen molar-refractivity contribution in [2.75, 3.05) is 37.0 Å². The van der Waals surface area contributed by atoms with Crippen molar-refractivity contribution in [1.29, 1.82) is 0 Å². The number of carbonyl (C=O) groups excluding carboxylic acids is 1. The molecule has 0 aliphatic carbocycles. The fourth-order valence-corrected chi connectivity index (χ4v) is 3.50. The molecule has 2 aliphatic heterocycles. The van der Waals surface area contributed by atoms with Crippen LogP contribution in [0.2, 0.25) is 0 Å². The van der Waals surface area contributed by atoms with Crippen molar-refractivity contribution in [2.45, 2.75) is 17.4 Å². The molecule has 0 bridgehead atoms. The van der Waals surface area contributed by atoms with Crippen LogP contribution in [-0.4, -0.2) is 44.0 Å². The van der Waals surface area contributed by atoms with Crippen LogP contribution in [0.5, 0.6) is 0 Å². The lowest BCUT2D eigenvalue weighted by molar-refractivity contribution is -0.119. The maximum Gasteiger partial charge on any atom is 0.228 e. The van der Waals surface area contributed by atoms with E-state index in [-0.39, 0.29) is 11.9 Å². The Bertz CT molecular complexity index is 461. The highest BCUT2D eigenvalue weighted by Crippen LogP contribution is 2.34. The van der Waals surface area contributed by atoms with Gasteiger partial charge in [0.25, 0.3) is 0 Å². The molecule has 1 saturated heterocycles. The summed E-state index contributed by atoms with van der Waals surface area (Å²) in [6.45, 7) is 3.02. The third kappa shape index (κ3) is 2.94. The van der Waals surface area contributed by atoms with Crippen LogP contribution >= 0.6 is 11.8 Å². The van der Waals surface area contributed by atoms with Crippen molar-refractivity contribution in [3.05, 3.63) is 24.3 Å². The zero-order valence-corrected chi connectivity index (χ0v) is 11.6. The van der Waals surface area contributed by atoms with Gasteiger partial charge in [-0.2, -0.15) is 0 Å². The topological polar surface area (TPSA) is 41.6 Å². The second-order valence-electron chi connectivity index (χ2n) is 4.79. The number of rotatable bonds is 2. The van der Waals surface area contributed by atoms with Gasteiger partial charge in [-0.1, -0.05) is 12.1 Å². The molecule has 1 N–H and O–H groups in total. The minimum absolute atomic E-state index is 0.156. The van der Waals surface area contributed by atoms with Gasteiger partial charge in [-0.15, -0.1) is 11.8 Å². The van der Waals surface area contributed by atoms with E-state index in [1.807, 2.05) is 34.9 Å². The first-order valence-electron chi connectivity index (χ1n) is 6.68. The van der Waals surface area contributed by atoms with Crippen molar-refractivity contribution < 1.29 is 9.53 Å². The Morgan fingerprint density at radius 1 is 1.47 bits per heavy atom. The SMILES string of the molecule is O=C(CC1COCCN1)N1CCSc2ccccc21. The minimum atomic E-state index is 0.156. The standard InChI is InChI=1S/C14H18N2O2S/c17-14(9-11-10-18-7-5-15-11)16-6-8-19-13-4-2-1-3-12(13)16/h1-4,11,15H,5-10H2. The van der Waals surface area contributed by atoms with Crippen LogP contribution in [-0.2, 0) is 9.53 Å². The number of hydrogen-bond acceptors (Lipinski definition) is 4. The zero-order valence-electron chi connectivity index (χ0n) is 10.8. The average Bonchev–Trinajstić information content (AvgIpc) is 2.47. The number of hydrogen-bond donors (Lipinski definition) is 1. The number of nitrogens with one attached hydrogen (secondary N) is 1. The Kier molecular flexibility index (Phi) is 4.06. The summed E-state index contributed by atoms with van der Waals surface area (Å²) < 4.78 is 5.40. The molecule has 0 aromatic heterocycles. The highest BCUT2D eigenvalue weighted by molar-refractivity contribution is 7.99. The number of fused-ring (bicyclic) bond motifs is 1. The fourth-order valence-electron chi connectivity index (χ4n) is 2.50. The Balaban J connectivity index is 1.70. The molecule has 5 heteroatoms. The summed E-state index contributed by atoms with van der Waals surface area (Å²) in [4.78, 5) is 15.6.